The maximum absolute atomic E-state index is 12.1. The topological polar surface area (TPSA) is 55.4 Å². The SMILES string of the molecule is Cc1ccc([C@@H]2OCCC[C@H]2NS(=O)(=O)C2CC2)cc1. The van der Waals surface area contributed by atoms with Crippen molar-refractivity contribution < 1.29 is 13.2 Å². The van der Waals surface area contributed by atoms with E-state index in [9.17, 15) is 8.42 Å². The van der Waals surface area contributed by atoms with Crippen LogP contribution in [0, 0.1) is 6.92 Å². The molecule has 4 nitrogen and oxygen atoms in total. The van der Waals surface area contributed by atoms with Gasteiger partial charge in [-0.05, 0) is 38.2 Å². The molecule has 1 aromatic carbocycles. The first-order chi connectivity index (χ1) is 9.56. The van der Waals surface area contributed by atoms with Crippen molar-refractivity contribution in [2.24, 2.45) is 0 Å². The highest BCUT2D eigenvalue weighted by Crippen LogP contribution is 2.32. The molecule has 1 aromatic rings. The monoisotopic (exact) mass is 295 g/mol. The standard InChI is InChI=1S/C15H21NO3S/c1-11-4-6-12(7-5-11)15-14(3-2-10-19-15)16-20(17,18)13-8-9-13/h4-7,13-16H,2-3,8-10H2,1H3/t14-,15+/m1/s1. The molecule has 1 aliphatic heterocycles. The Labute approximate surface area is 120 Å². The fourth-order valence-corrected chi connectivity index (χ4v) is 4.28. The Balaban J connectivity index is 1.78. The highest BCUT2D eigenvalue weighted by Gasteiger charge is 2.39. The zero-order valence-electron chi connectivity index (χ0n) is 11.7. The van der Waals surface area contributed by atoms with Gasteiger partial charge in [-0.25, -0.2) is 13.1 Å². The molecule has 1 aliphatic carbocycles. The molecule has 2 aliphatic rings. The Morgan fingerprint density at radius 3 is 2.50 bits per heavy atom. The summed E-state index contributed by atoms with van der Waals surface area (Å²) in [5, 5.41) is -0.178. The van der Waals surface area contributed by atoms with Crippen molar-refractivity contribution in [3.8, 4) is 0 Å². The van der Waals surface area contributed by atoms with Gasteiger partial charge in [0, 0.05) is 6.61 Å². The van der Waals surface area contributed by atoms with Gasteiger partial charge in [0.2, 0.25) is 10.0 Å². The van der Waals surface area contributed by atoms with Gasteiger partial charge in [-0.3, -0.25) is 0 Å². The minimum absolute atomic E-state index is 0.142. The van der Waals surface area contributed by atoms with E-state index in [1.165, 1.54) is 5.56 Å². The fraction of sp³-hybridized carbons (Fsp3) is 0.600. The molecule has 0 unspecified atom stereocenters. The smallest absolute Gasteiger partial charge is 0.214 e. The van der Waals surface area contributed by atoms with Gasteiger partial charge in [0.15, 0.2) is 0 Å². The molecule has 1 saturated carbocycles. The van der Waals surface area contributed by atoms with Crippen molar-refractivity contribution in [3.63, 3.8) is 0 Å². The van der Waals surface area contributed by atoms with Crippen molar-refractivity contribution in [1.29, 1.82) is 0 Å². The van der Waals surface area contributed by atoms with E-state index >= 15 is 0 Å². The third-order valence-electron chi connectivity index (χ3n) is 4.01. The zero-order chi connectivity index (χ0) is 14.2. The number of aryl methyl sites for hydroxylation is 1. The first-order valence-corrected chi connectivity index (χ1v) is 8.80. The molecule has 0 amide bonds. The molecule has 20 heavy (non-hydrogen) atoms. The molecule has 0 aromatic heterocycles. The fourth-order valence-electron chi connectivity index (χ4n) is 2.67. The number of ether oxygens (including phenoxy) is 1. The summed E-state index contributed by atoms with van der Waals surface area (Å²) in [6.45, 7) is 2.74. The molecule has 0 spiro atoms. The number of nitrogens with one attached hydrogen (secondary N) is 1. The third-order valence-corrected chi connectivity index (χ3v) is 5.99. The predicted octanol–water partition coefficient (Wildman–Crippen LogP) is 2.30. The summed E-state index contributed by atoms with van der Waals surface area (Å²) >= 11 is 0. The molecular formula is C15H21NO3S. The molecule has 2 atom stereocenters. The van der Waals surface area contributed by atoms with E-state index in [1.807, 2.05) is 31.2 Å². The normalized spacial score (nSPS) is 27.4. The lowest BCUT2D eigenvalue weighted by atomic mass is 9.96. The van der Waals surface area contributed by atoms with Crippen LogP contribution < -0.4 is 4.72 Å². The summed E-state index contributed by atoms with van der Waals surface area (Å²) in [6.07, 6.45) is 3.15. The average Bonchev–Trinajstić information content (AvgIpc) is 3.25. The molecule has 1 N–H and O–H groups in total. The van der Waals surface area contributed by atoms with E-state index in [2.05, 4.69) is 4.72 Å². The second-order valence-corrected chi connectivity index (χ2v) is 7.81. The van der Waals surface area contributed by atoms with E-state index in [0.717, 1.165) is 31.2 Å². The number of rotatable bonds is 4. The lowest BCUT2D eigenvalue weighted by Gasteiger charge is -2.32. The van der Waals surface area contributed by atoms with Crippen molar-refractivity contribution in [1.82, 2.24) is 4.72 Å². The van der Waals surface area contributed by atoms with Gasteiger partial charge >= 0.3 is 0 Å². The quantitative estimate of drug-likeness (QED) is 0.927. The minimum Gasteiger partial charge on any atom is -0.372 e. The Kier molecular flexibility index (Phi) is 3.84. The van der Waals surface area contributed by atoms with Gasteiger partial charge in [-0.15, -0.1) is 0 Å². The van der Waals surface area contributed by atoms with Crippen LogP contribution in [0.15, 0.2) is 24.3 Å². The van der Waals surface area contributed by atoms with E-state index in [1.54, 1.807) is 0 Å². The summed E-state index contributed by atoms with van der Waals surface area (Å²) in [7, 11) is -3.17. The molecule has 3 rings (SSSR count). The molecule has 0 radical (unpaired) electrons. The molecule has 0 bridgehead atoms. The van der Waals surface area contributed by atoms with Crippen molar-refractivity contribution in [2.75, 3.05) is 6.61 Å². The second-order valence-electron chi connectivity index (χ2n) is 5.81. The molecule has 110 valence electrons. The Hall–Kier alpha value is -0.910. The lowest BCUT2D eigenvalue weighted by molar-refractivity contribution is -0.00444. The van der Waals surface area contributed by atoms with Crippen molar-refractivity contribution in [2.45, 2.75) is 50.0 Å². The third kappa shape index (κ3) is 3.05. The summed E-state index contributed by atoms with van der Waals surface area (Å²) in [6, 6.07) is 8.00. The molecule has 1 saturated heterocycles. The van der Waals surface area contributed by atoms with Gasteiger partial charge in [-0.2, -0.15) is 0 Å². The van der Waals surface area contributed by atoms with Crippen LogP contribution in [0.1, 0.15) is 42.9 Å². The van der Waals surface area contributed by atoms with E-state index < -0.39 is 10.0 Å². The maximum atomic E-state index is 12.1. The number of benzene rings is 1. The summed E-state index contributed by atoms with van der Waals surface area (Å²) in [5.41, 5.74) is 2.25. The van der Waals surface area contributed by atoms with Crippen molar-refractivity contribution >= 4 is 10.0 Å². The van der Waals surface area contributed by atoms with Crippen LogP contribution >= 0.6 is 0 Å². The Morgan fingerprint density at radius 1 is 1.15 bits per heavy atom. The molecule has 5 heteroatoms. The van der Waals surface area contributed by atoms with E-state index in [0.29, 0.717) is 6.61 Å². The van der Waals surface area contributed by atoms with Crippen LogP contribution in [0.25, 0.3) is 0 Å². The van der Waals surface area contributed by atoms with Gasteiger partial charge < -0.3 is 4.74 Å². The average molecular weight is 295 g/mol. The lowest BCUT2D eigenvalue weighted by Crippen LogP contribution is -2.43. The Morgan fingerprint density at radius 2 is 1.85 bits per heavy atom. The minimum atomic E-state index is -3.17. The van der Waals surface area contributed by atoms with Crippen molar-refractivity contribution in [3.05, 3.63) is 35.4 Å². The van der Waals surface area contributed by atoms with Crippen LogP contribution in [-0.4, -0.2) is 26.3 Å². The van der Waals surface area contributed by atoms with E-state index in [-0.39, 0.29) is 17.4 Å². The van der Waals surface area contributed by atoms with Gasteiger partial charge in [-0.1, -0.05) is 29.8 Å². The highest BCUT2D eigenvalue weighted by atomic mass is 32.2. The number of hydrogen-bond donors (Lipinski definition) is 1. The first kappa shape index (κ1) is 14.0. The zero-order valence-corrected chi connectivity index (χ0v) is 12.5. The molecule has 1 heterocycles. The Bertz CT molecular complexity index is 563. The number of sulfonamides is 1. The van der Waals surface area contributed by atoms with Crippen LogP contribution in [0.3, 0.4) is 0 Å². The summed E-state index contributed by atoms with van der Waals surface area (Å²) in [4.78, 5) is 0. The van der Waals surface area contributed by atoms with Crippen LogP contribution in [0.2, 0.25) is 0 Å². The number of hydrogen-bond acceptors (Lipinski definition) is 3. The molecule has 2 fully saturated rings. The van der Waals surface area contributed by atoms with Gasteiger partial charge in [0.1, 0.15) is 0 Å². The predicted molar refractivity (Wildman–Crippen MR) is 78.0 cm³/mol. The maximum Gasteiger partial charge on any atom is 0.214 e. The highest BCUT2D eigenvalue weighted by molar-refractivity contribution is 7.90. The van der Waals surface area contributed by atoms with Gasteiger partial charge in [0.05, 0.1) is 17.4 Å². The summed E-state index contributed by atoms with van der Waals surface area (Å²) < 4.78 is 33.0. The first-order valence-electron chi connectivity index (χ1n) is 7.25. The second kappa shape index (κ2) is 5.47. The van der Waals surface area contributed by atoms with Crippen LogP contribution in [0.5, 0.6) is 0 Å². The largest absolute Gasteiger partial charge is 0.372 e. The van der Waals surface area contributed by atoms with Gasteiger partial charge in [0.25, 0.3) is 0 Å². The van der Waals surface area contributed by atoms with E-state index in [4.69, 9.17) is 4.74 Å². The van der Waals surface area contributed by atoms with Crippen LogP contribution in [0.4, 0.5) is 0 Å². The van der Waals surface area contributed by atoms with Crippen LogP contribution in [-0.2, 0) is 14.8 Å². The molecular weight excluding hydrogens is 274 g/mol. The summed E-state index contributed by atoms with van der Waals surface area (Å²) in [5.74, 6) is 0.